The quantitative estimate of drug-likeness (QED) is 0.780. The number of Topliss-reactive ketones (excluding diaryl/α,β-unsaturated/α-hetero) is 1. The second-order valence-electron chi connectivity index (χ2n) is 7.76. The summed E-state index contributed by atoms with van der Waals surface area (Å²) >= 11 is 0. The van der Waals surface area contributed by atoms with Crippen molar-refractivity contribution in [3.63, 3.8) is 0 Å². The van der Waals surface area contributed by atoms with E-state index in [4.69, 9.17) is 0 Å². The van der Waals surface area contributed by atoms with Gasteiger partial charge in [-0.1, -0.05) is 19.9 Å². The molecule has 0 amide bonds. The Morgan fingerprint density at radius 2 is 2.10 bits per heavy atom. The van der Waals surface area contributed by atoms with Crippen LogP contribution in [0, 0.1) is 23.2 Å². The number of fused-ring (bicyclic) bond motifs is 5. The van der Waals surface area contributed by atoms with Crippen molar-refractivity contribution in [1.82, 2.24) is 0 Å². The minimum Gasteiger partial charge on any atom is -0.508 e. The van der Waals surface area contributed by atoms with E-state index < -0.39 is 0 Å². The van der Waals surface area contributed by atoms with Gasteiger partial charge in [-0.25, -0.2) is 0 Å². The number of ketones is 1. The summed E-state index contributed by atoms with van der Waals surface area (Å²) in [5, 5.41) is 9.70. The average Bonchev–Trinajstić information content (AvgIpc) is 2.70. The van der Waals surface area contributed by atoms with Crippen LogP contribution in [0.3, 0.4) is 0 Å². The fourth-order valence-electron chi connectivity index (χ4n) is 5.68. The number of benzene rings is 1. The molecule has 0 aromatic heterocycles. The molecule has 2 nitrogen and oxygen atoms in total. The summed E-state index contributed by atoms with van der Waals surface area (Å²) in [6.45, 7) is 4.35. The van der Waals surface area contributed by atoms with Crippen molar-refractivity contribution in [1.29, 1.82) is 0 Å². The van der Waals surface area contributed by atoms with Gasteiger partial charge < -0.3 is 5.11 Å². The van der Waals surface area contributed by atoms with E-state index in [1.165, 1.54) is 17.5 Å². The molecule has 0 heterocycles. The highest BCUT2D eigenvalue weighted by atomic mass is 16.3. The van der Waals surface area contributed by atoms with Crippen molar-refractivity contribution < 1.29 is 9.90 Å². The Bertz CT molecular complexity index is 606. The lowest BCUT2D eigenvalue weighted by molar-refractivity contribution is -0.131. The Morgan fingerprint density at radius 1 is 1.29 bits per heavy atom. The molecule has 1 aromatic rings. The number of phenolic OH excluding ortho intramolecular Hbond substituents is 1. The van der Waals surface area contributed by atoms with Crippen LogP contribution in [0.25, 0.3) is 0 Å². The van der Waals surface area contributed by atoms with Crippen molar-refractivity contribution >= 4 is 5.78 Å². The molecule has 112 valence electrons. The smallest absolute Gasteiger partial charge is 0.141 e. The fraction of sp³-hybridized carbons (Fsp3) is 0.632. The Morgan fingerprint density at radius 3 is 2.90 bits per heavy atom. The summed E-state index contributed by atoms with van der Waals surface area (Å²) in [6.07, 6.45) is 5.50. The molecular weight excluding hydrogens is 260 g/mol. The standard InChI is InChI=1S/C19H24O2/c1-11-9-17-16-5-3-12-10-13(20)4-6-14(12)15(16)7-8-19(17,2)18(11)21/h4,6,10-11,15-17,20H,3,5,7-9H2,1-2H3. The van der Waals surface area contributed by atoms with E-state index in [9.17, 15) is 9.90 Å². The number of rotatable bonds is 0. The Hall–Kier alpha value is -1.31. The zero-order valence-corrected chi connectivity index (χ0v) is 12.9. The highest BCUT2D eigenvalue weighted by Crippen LogP contribution is 2.60. The van der Waals surface area contributed by atoms with Crippen LogP contribution >= 0.6 is 0 Å². The van der Waals surface area contributed by atoms with Gasteiger partial charge in [0.15, 0.2) is 0 Å². The molecule has 4 rings (SSSR count). The summed E-state index contributed by atoms with van der Waals surface area (Å²) in [5.74, 6) is 2.99. The van der Waals surface area contributed by atoms with Gasteiger partial charge >= 0.3 is 0 Å². The topological polar surface area (TPSA) is 37.3 Å². The zero-order valence-electron chi connectivity index (χ0n) is 12.9. The lowest BCUT2D eigenvalue weighted by atomic mass is 9.55. The second-order valence-corrected chi connectivity index (χ2v) is 7.76. The van der Waals surface area contributed by atoms with Gasteiger partial charge in [0.2, 0.25) is 0 Å². The van der Waals surface area contributed by atoms with Crippen LogP contribution in [0.5, 0.6) is 5.75 Å². The molecule has 1 N–H and O–H groups in total. The maximum absolute atomic E-state index is 12.6. The Balaban J connectivity index is 1.73. The maximum atomic E-state index is 12.6. The van der Waals surface area contributed by atoms with E-state index in [0.29, 0.717) is 29.3 Å². The summed E-state index contributed by atoms with van der Waals surface area (Å²) in [4.78, 5) is 12.6. The largest absolute Gasteiger partial charge is 0.508 e. The number of hydrogen-bond donors (Lipinski definition) is 1. The number of aryl methyl sites for hydroxylation is 1. The number of aromatic hydroxyl groups is 1. The van der Waals surface area contributed by atoms with Crippen LogP contribution < -0.4 is 0 Å². The molecule has 5 atom stereocenters. The van der Waals surface area contributed by atoms with Crippen LogP contribution in [0.4, 0.5) is 0 Å². The maximum Gasteiger partial charge on any atom is 0.141 e. The van der Waals surface area contributed by atoms with Crippen molar-refractivity contribution in [3.05, 3.63) is 29.3 Å². The van der Waals surface area contributed by atoms with Gasteiger partial charge in [0, 0.05) is 11.3 Å². The SMILES string of the molecule is CC1CC2C3CCc4cc(O)ccc4C3CCC2(C)C1=O. The van der Waals surface area contributed by atoms with Crippen LogP contribution in [0.1, 0.15) is 56.6 Å². The van der Waals surface area contributed by atoms with Crippen molar-refractivity contribution in [2.75, 3.05) is 0 Å². The molecule has 3 aliphatic rings. The molecule has 3 aliphatic carbocycles. The van der Waals surface area contributed by atoms with E-state index in [-0.39, 0.29) is 11.3 Å². The van der Waals surface area contributed by atoms with Crippen LogP contribution in [-0.4, -0.2) is 10.9 Å². The molecule has 0 radical (unpaired) electrons. The van der Waals surface area contributed by atoms with E-state index in [1.54, 1.807) is 0 Å². The molecule has 21 heavy (non-hydrogen) atoms. The highest BCUT2D eigenvalue weighted by Gasteiger charge is 2.56. The molecular formula is C19H24O2. The first-order valence-corrected chi connectivity index (χ1v) is 8.37. The van der Waals surface area contributed by atoms with Gasteiger partial charge in [0.1, 0.15) is 11.5 Å². The molecule has 2 fully saturated rings. The molecule has 2 heteroatoms. The number of phenols is 1. The molecule has 2 saturated carbocycles. The Kier molecular flexibility index (Phi) is 2.76. The third-order valence-corrected chi connectivity index (χ3v) is 6.72. The lowest BCUT2D eigenvalue weighted by Crippen LogP contribution is -2.42. The van der Waals surface area contributed by atoms with E-state index >= 15 is 0 Å². The zero-order chi connectivity index (χ0) is 14.8. The lowest BCUT2D eigenvalue weighted by Gasteiger charge is -2.48. The molecule has 5 unspecified atom stereocenters. The summed E-state index contributed by atoms with van der Waals surface area (Å²) in [5.41, 5.74) is 2.71. The minimum absolute atomic E-state index is 0.0605. The second kappa shape index (κ2) is 4.34. The molecule has 0 aliphatic heterocycles. The van der Waals surface area contributed by atoms with Crippen LogP contribution in [-0.2, 0) is 11.2 Å². The van der Waals surface area contributed by atoms with Crippen molar-refractivity contribution in [2.45, 2.75) is 51.9 Å². The monoisotopic (exact) mass is 284 g/mol. The van der Waals surface area contributed by atoms with Gasteiger partial charge in [0.05, 0.1) is 0 Å². The first-order valence-electron chi connectivity index (χ1n) is 8.37. The first-order chi connectivity index (χ1) is 10.0. The summed E-state index contributed by atoms with van der Waals surface area (Å²) in [6, 6.07) is 5.91. The van der Waals surface area contributed by atoms with E-state index in [1.807, 2.05) is 12.1 Å². The van der Waals surface area contributed by atoms with Gasteiger partial charge in [0.25, 0.3) is 0 Å². The van der Waals surface area contributed by atoms with Gasteiger partial charge in [-0.15, -0.1) is 0 Å². The normalized spacial score (nSPS) is 41.3. The number of carbonyl (C=O) groups excluding carboxylic acids is 1. The average molecular weight is 284 g/mol. The number of hydrogen-bond acceptors (Lipinski definition) is 2. The molecule has 0 bridgehead atoms. The highest BCUT2D eigenvalue weighted by molar-refractivity contribution is 5.89. The molecule has 1 aromatic carbocycles. The molecule has 0 saturated heterocycles. The third-order valence-electron chi connectivity index (χ3n) is 6.72. The summed E-state index contributed by atoms with van der Waals surface area (Å²) in [7, 11) is 0. The van der Waals surface area contributed by atoms with Gasteiger partial charge in [-0.05, 0) is 73.1 Å². The van der Waals surface area contributed by atoms with Crippen molar-refractivity contribution in [2.24, 2.45) is 23.2 Å². The van der Waals surface area contributed by atoms with E-state index in [2.05, 4.69) is 19.9 Å². The van der Waals surface area contributed by atoms with E-state index in [0.717, 1.165) is 25.7 Å². The Labute approximate surface area is 126 Å². The van der Waals surface area contributed by atoms with Gasteiger partial charge in [-0.3, -0.25) is 4.79 Å². The minimum atomic E-state index is -0.0605. The van der Waals surface area contributed by atoms with Crippen LogP contribution in [0.15, 0.2) is 18.2 Å². The number of carbonyl (C=O) groups is 1. The first kappa shape index (κ1) is 13.4. The van der Waals surface area contributed by atoms with Crippen LogP contribution in [0.2, 0.25) is 0 Å². The van der Waals surface area contributed by atoms with Crippen molar-refractivity contribution in [3.8, 4) is 5.75 Å². The summed E-state index contributed by atoms with van der Waals surface area (Å²) < 4.78 is 0. The predicted octanol–water partition coefficient (Wildman–Crippen LogP) is 4.06. The predicted molar refractivity (Wildman–Crippen MR) is 82.3 cm³/mol. The molecule has 0 spiro atoms. The van der Waals surface area contributed by atoms with Gasteiger partial charge in [-0.2, -0.15) is 0 Å². The third kappa shape index (κ3) is 1.74. The fourth-order valence-corrected chi connectivity index (χ4v) is 5.68.